The van der Waals surface area contributed by atoms with E-state index in [1.54, 1.807) is 29.1 Å². The van der Waals surface area contributed by atoms with Crippen molar-refractivity contribution in [2.75, 3.05) is 5.32 Å². The normalized spacial score (nSPS) is 10.5. The van der Waals surface area contributed by atoms with Crippen molar-refractivity contribution in [1.82, 2.24) is 25.2 Å². The molecule has 0 fully saturated rings. The molecule has 1 amide bonds. The lowest BCUT2D eigenvalue weighted by Gasteiger charge is -2.06. The van der Waals surface area contributed by atoms with Crippen LogP contribution in [0.2, 0.25) is 0 Å². The molecule has 3 aromatic rings. The molecule has 1 N–H and O–H groups in total. The third-order valence-electron chi connectivity index (χ3n) is 3.37. The summed E-state index contributed by atoms with van der Waals surface area (Å²) in [7, 11) is 0. The number of nitrogens with zero attached hydrogens (tertiary/aromatic N) is 5. The van der Waals surface area contributed by atoms with Gasteiger partial charge in [-0.05, 0) is 48.0 Å². The standard InChI is InChI=1S/C16H16N6O/c1-3-22-15(19-20-21-22)12-5-4-6-13(9-12)16(23)18-14-8-7-11(2)10-17-14/h4-10H,3H2,1-2H3,(H,17,18,23). The molecule has 2 aromatic heterocycles. The third-order valence-corrected chi connectivity index (χ3v) is 3.37. The number of tetrazole rings is 1. The van der Waals surface area contributed by atoms with Gasteiger partial charge in [0.25, 0.3) is 5.91 Å². The highest BCUT2D eigenvalue weighted by Crippen LogP contribution is 2.18. The molecule has 0 aliphatic heterocycles. The Kier molecular flexibility index (Phi) is 4.09. The van der Waals surface area contributed by atoms with Crippen LogP contribution in [0.25, 0.3) is 11.4 Å². The Morgan fingerprint density at radius 3 is 2.87 bits per heavy atom. The summed E-state index contributed by atoms with van der Waals surface area (Å²) in [5, 5.41) is 14.4. The fourth-order valence-corrected chi connectivity index (χ4v) is 2.15. The van der Waals surface area contributed by atoms with Crippen LogP contribution in [0, 0.1) is 6.92 Å². The Bertz CT molecular complexity index is 825. The Morgan fingerprint density at radius 1 is 1.26 bits per heavy atom. The third kappa shape index (κ3) is 3.23. The Morgan fingerprint density at radius 2 is 2.13 bits per heavy atom. The van der Waals surface area contributed by atoms with Gasteiger partial charge in [-0.1, -0.05) is 18.2 Å². The number of aryl methyl sites for hydroxylation is 2. The minimum Gasteiger partial charge on any atom is -0.307 e. The van der Waals surface area contributed by atoms with Crippen LogP contribution in [-0.4, -0.2) is 31.1 Å². The van der Waals surface area contributed by atoms with E-state index in [1.165, 1.54) is 0 Å². The maximum Gasteiger partial charge on any atom is 0.256 e. The van der Waals surface area contributed by atoms with E-state index in [9.17, 15) is 4.79 Å². The van der Waals surface area contributed by atoms with Gasteiger partial charge < -0.3 is 5.32 Å². The van der Waals surface area contributed by atoms with E-state index < -0.39 is 0 Å². The van der Waals surface area contributed by atoms with E-state index in [2.05, 4.69) is 25.8 Å². The number of aromatic nitrogens is 5. The summed E-state index contributed by atoms with van der Waals surface area (Å²) in [6.07, 6.45) is 1.71. The number of nitrogens with one attached hydrogen (secondary N) is 1. The van der Waals surface area contributed by atoms with E-state index in [0.717, 1.165) is 11.1 Å². The molecule has 0 bridgehead atoms. The van der Waals surface area contributed by atoms with Crippen molar-refractivity contribution in [3.8, 4) is 11.4 Å². The molecule has 116 valence electrons. The number of pyridine rings is 1. The molecule has 23 heavy (non-hydrogen) atoms. The molecule has 0 radical (unpaired) electrons. The van der Waals surface area contributed by atoms with Crippen LogP contribution >= 0.6 is 0 Å². The monoisotopic (exact) mass is 308 g/mol. The molecule has 0 spiro atoms. The average Bonchev–Trinajstić information content (AvgIpc) is 3.06. The lowest BCUT2D eigenvalue weighted by molar-refractivity contribution is 0.102. The zero-order valence-corrected chi connectivity index (χ0v) is 12.9. The molecule has 0 atom stereocenters. The maximum atomic E-state index is 12.4. The Balaban J connectivity index is 1.84. The largest absolute Gasteiger partial charge is 0.307 e. The highest BCUT2D eigenvalue weighted by Gasteiger charge is 2.12. The van der Waals surface area contributed by atoms with Gasteiger partial charge in [-0.2, -0.15) is 0 Å². The predicted octanol–water partition coefficient (Wildman–Crippen LogP) is 2.32. The first-order valence-corrected chi connectivity index (χ1v) is 7.28. The van der Waals surface area contributed by atoms with E-state index in [4.69, 9.17) is 0 Å². The second kappa shape index (κ2) is 6.35. The number of hydrogen-bond donors (Lipinski definition) is 1. The summed E-state index contributed by atoms with van der Waals surface area (Å²) in [5.41, 5.74) is 2.35. The van der Waals surface area contributed by atoms with E-state index in [0.29, 0.717) is 23.8 Å². The molecular weight excluding hydrogens is 292 g/mol. The molecule has 0 saturated heterocycles. The smallest absolute Gasteiger partial charge is 0.256 e. The number of anilines is 1. The van der Waals surface area contributed by atoms with Crippen LogP contribution in [0.15, 0.2) is 42.6 Å². The van der Waals surface area contributed by atoms with Crippen molar-refractivity contribution in [2.45, 2.75) is 20.4 Å². The molecule has 3 rings (SSSR count). The van der Waals surface area contributed by atoms with Crippen molar-refractivity contribution in [3.63, 3.8) is 0 Å². The van der Waals surface area contributed by atoms with Crippen molar-refractivity contribution < 1.29 is 4.79 Å². The lowest BCUT2D eigenvalue weighted by atomic mass is 10.1. The Labute approximate surface area is 133 Å². The van der Waals surface area contributed by atoms with Crippen molar-refractivity contribution in [3.05, 3.63) is 53.7 Å². The van der Waals surface area contributed by atoms with Gasteiger partial charge in [-0.25, -0.2) is 9.67 Å². The second-order valence-electron chi connectivity index (χ2n) is 5.07. The van der Waals surface area contributed by atoms with Gasteiger partial charge in [-0.15, -0.1) is 5.10 Å². The molecule has 0 unspecified atom stereocenters. The van der Waals surface area contributed by atoms with Crippen molar-refractivity contribution >= 4 is 11.7 Å². The second-order valence-corrected chi connectivity index (χ2v) is 5.07. The quantitative estimate of drug-likeness (QED) is 0.799. The summed E-state index contributed by atoms with van der Waals surface area (Å²) < 4.78 is 1.68. The molecule has 7 nitrogen and oxygen atoms in total. The summed E-state index contributed by atoms with van der Waals surface area (Å²) >= 11 is 0. The summed E-state index contributed by atoms with van der Waals surface area (Å²) in [5.74, 6) is 0.929. The maximum absolute atomic E-state index is 12.4. The zero-order valence-electron chi connectivity index (χ0n) is 12.9. The predicted molar refractivity (Wildman–Crippen MR) is 85.9 cm³/mol. The molecule has 1 aromatic carbocycles. The zero-order chi connectivity index (χ0) is 16.2. The number of benzene rings is 1. The van der Waals surface area contributed by atoms with Gasteiger partial charge >= 0.3 is 0 Å². The molecular formula is C16H16N6O. The van der Waals surface area contributed by atoms with Gasteiger partial charge in [0.15, 0.2) is 5.82 Å². The van der Waals surface area contributed by atoms with Crippen LogP contribution in [0.4, 0.5) is 5.82 Å². The first-order chi connectivity index (χ1) is 11.2. The first kappa shape index (κ1) is 14.8. The van der Waals surface area contributed by atoms with E-state index in [-0.39, 0.29) is 5.91 Å². The SMILES string of the molecule is CCn1nnnc1-c1cccc(C(=O)Nc2ccc(C)cn2)c1. The highest BCUT2D eigenvalue weighted by molar-refractivity contribution is 6.04. The van der Waals surface area contributed by atoms with Gasteiger partial charge in [0, 0.05) is 23.9 Å². The molecule has 0 aliphatic rings. The first-order valence-electron chi connectivity index (χ1n) is 7.28. The van der Waals surface area contributed by atoms with E-state index >= 15 is 0 Å². The van der Waals surface area contributed by atoms with Crippen LogP contribution < -0.4 is 5.32 Å². The minimum absolute atomic E-state index is 0.223. The van der Waals surface area contributed by atoms with Crippen LogP contribution in [-0.2, 0) is 6.54 Å². The molecule has 2 heterocycles. The number of carbonyl (C=O) groups excluding carboxylic acids is 1. The fraction of sp³-hybridized carbons (Fsp3) is 0.188. The fourth-order valence-electron chi connectivity index (χ4n) is 2.15. The lowest BCUT2D eigenvalue weighted by Crippen LogP contribution is -2.13. The van der Waals surface area contributed by atoms with E-state index in [1.807, 2.05) is 32.0 Å². The number of hydrogen-bond acceptors (Lipinski definition) is 5. The van der Waals surface area contributed by atoms with Gasteiger partial charge in [0.1, 0.15) is 5.82 Å². The summed E-state index contributed by atoms with van der Waals surface area (Å²) in [6, 6.07) is 10.9. The minimum atomic E-state index is -0.223. The summed E-state index contributed by atoms with van der Waals surface area (Å²) in [6.45, 7) is 4.56. The Hall–Kier alpha value is -3.09. The van der Waals surface area contributed by atoms with Crippen LogP contribution in [0.5, 0.6) is 0 Å². The number of rotatable bonds is 4. The van der Waals surface area contributed by atoms with Crippen molar-refractivity contribution in [2.24, 2.45) is 0 Å². The average molecular weight is 308 g/mol. The molecule has 7 heteroatoms. The highest BCUT2D eigenvalue weighted by atomic mass is 16.1. The number of carbonyl (C=O) groups is 1. The molecule has 0 saturated carbocycles. The van der Waals surface area contributed by atoms with Crippen LogP contribution in [0.3, 0.4) is 0 Å². The van der Waals surface area contributed by atoms with Gasteiger partial charge in [0.2, 0.25) is 0 Å². The van der Waals surface area contributed by atoms with Crippen LogP contribution in [0.1, 0.15) is 22.8 Å². The van der Waals surface area contributed by atoms with Gasteiger partial charge in [0.05, 0.1) is 0 Å². The van der Waals surface area contributed by atoms with Gasteiger partial charge in [-0.3, -0.25) is 4.79 Å². The molecule has 0 aliphatic carbocycles. The number of amides is 1. The topological polar surface area (TPSA) is 85.6 Å². The summed E-state index contributed by atoms with van der Waals surface area (Å²) in [4.78, 5) is 16.5. The van der Waals surface area contributed by atoms with Crippen molar-refractivity contribution in [1.29, 1.82) is 0 Å².